The molecule has 17 heavy (non-hydrogen) atoms. The van der Waals surface area contributed by atoms with E-state index in [9.17, 15) is 9.59 Å². The molecular weight excluding hydrogens is 218 g/mol. The molecule has 0 bridgehead atoms. The van der Waals surface area contributed by atoms with Gasteiger partial charge in [-0.25, -0.2) is 0 Å². The van der Waals surface area contributed by atoms with E-state index in [-0.39, 0.29) is 17.5 Å². The van der Waals surface area contributed by atoms with Crippen LogP contribution in [0.15, 0.2) is 24.4 Å². The molecular formula is C12H17N3O2. The molecule has 0 saturated carbocycles. The summed E-state index contributed by atoms with van der Waals surface area (Å²) < 4.78 is 0. The summed E-state index contributed by atoms with van der Waals surface area (Å²) in [6, 6.07) is 4.36. The molecule has 5 nitrogen and oxygen atoms in total. The monoisotopic (exact) mass is 235 g/mol. The van der Waals surface area contributed by atoms with E-state index in [1.807, 2.05) is 13.8 Å². The van der Waals surface area contributed by atoms with Gasteiger partial charge in [-0.3, -0.25) is 14.6 Å². The third kappa shape index (κ3) is 3.55. The molecule has 0 spiro atoms. The van der Waals surface area contributed by atoms with Gasteiger partial charge in [0.25, 0.3) is 5.91 Å². The van der Waals surface area contributed by atoms with Gasteiger partial charge in [0.15, 0.2) is 0 Å². The number of carbonyl (C=O) groups is 2. The van der Waals surface area contributed by atoms with Crippen LogP contribution < -0.4 is 11.1 Å². The molecule has 0 aliphatic heterocycles. The van der Waals surface area contributed by atoms with Gasteiger partial charge in [-0.2, -0.15) is 0 Å². The van der Waals surface area contributed by atoms with Crippen molar-refractivity contribution in [2.45, 2.75) is 26.3 Å². The second kappa shape index (κ2) is 5.98. The number of carbonyl (C=O) groups excluding carboxylic acids is 2. The van der Waals surface area contributed by atoms with Crippen molar-refractivity contribution < 1.29 is 9.59 Å². The Kier molecular flexibility index (Phi) is 4.63. The standard InChI is InChI=1S/C12H17N3O2/c1-3-8(2)10(11(13)16)15-12(17)9-6-4-5-7-14-9/h4-8,10H,3H2,1-2H3,(H2,13,16)(H,15,17)/t8-,10-/m0/s1. The summed E-state index contributed by atoms with van der Waals surface area (Å²) in [5.74, 6) is -0.904. The molecule has 3 N–H and O–H groups in total. The first-order valence-electron chi connectivity index (χ1n) is 5.57. The minimum atomic E-state index is -0.658. The molecule has 0 radical (unpaired) electrons. The topological polar surface area (TPSA) is 85.1 Å². The molecule has 0 aromatic carbocycles. The predicted octanol–water partition coefficient (Wildman–Crippen LogP) is 0.711. The number of hydrogen-bond donors (Lipinski definition) is 2. The van der Waals surface area contributed by atoms with Crippen molar-refractivity contribution in [3.8, 4) is 0 Å². The average molecular weight is 235 g/mol. The zero-order valence-electron chi connectivity index (χ0n) is 10.0. The first-order chi connectivity index (χ1) is 8.06. The quantitative estimate of drug-likeness (QED) is 0.788. The molecule has 0 saturated heterocycles. The highest BCUT2D eigenvalue weighted by atomic mass is 16.2. The largest absolute Gasteiger partial charge is 0.368 e. The van der Waals surface area contributed by atoms with Gasteiger partial charge in [0.2, 0.25) is 5.91 Å². The molecule has 0 fully saturated rings. The van der Waals surface area contributed by atoms with E-state index >= 15 is 0 Å². The third-order valence-corrected chi connectivity index (χ3v) is 2.70. The maximum atomic E-state index is 11.8. The summed E-state index contributed by atoms with van der Waals surface area (Å²) in [7, 11) is 0. The number of nitrogens with zero attached hydrogens (tertiary/aromatic N) is 1. The van der Waals surface area contributed by atoms with Crippen LogP contribution in [0.3, 0.4) is 0 Å². The lowest BCUT2D eigenvalue weighted by atomic mass is 9.98. The van der Waals surface area contributed by atoms with Gasteiger partial charge >= 0.3 is 0 Å². The van der Waals surface area contributed by atoms with Gasteiger partial charge in [-0.15, -0.1) is 0 Å². The fourth-order valence-corrected chi connectivity index (χ4v) is 1.44. The average Bonchev–Trinajstić information content (AvgIpc) is 2.35. The first-order valence-corrected chi connectivity index (χ1v) is 5.57. The number of pyridine rings is 1. The highest BCUT2D eigenvalue weighted by molar-refractivity contribution is 5.95. The first kappa shape index (κ1) is 13.2. The Labute approximate surface area is 100 Å². The molecule has 0 aliphatic rings. The van der Waals surface area contributed by atoms with E-state index in [0.29, 0.717) is 0 Å². The van der Waals surface area contributed by atoms with Crippen molar-refractivity contribution in [1.82, 2.24) is 10.3 Å². The zero-order chi connectivity index (χ0) is 12.8. The lowest BCUT2D eigenvalue weighted by Crippen LogP contribution is -2.48. The Morgan fingerprint density at radius 2 is 2.18 bits per heavy atom. The number of hydrogen-bond acceptors (Lipinski definition) is 3. The lowest BCUT2D eigenvalue weighted by molar-refractivity contribution is -0.120. The molecule has 5 heteroatoms. The Morgan fingerprint density at radius 1 is 1.47 bits per heavy atom. The molecule has 2 atom stereocenters. The molecule has 1 aromatic rings. The van der Waals surface area contributed by atoms with E-state index in [1.165, 1.54) is 6.20 Å². The Bertz CT molecular complexity index is 392. The number of amides is 2. The van der Waals surface area contributed by atoms with Gasteiger partial charge in [0.05, 0.1) is 0 Å². The minimum Gasteiger partial charge on any atom is -0.368 e. The lowest BCUT2D eigenvalue weighted by Gasteiger charge is -2.20. The highest BCUT2D eigenvalue weighted by Gasteiger charge is 2.24. The SMILES string of the molecule is CC[C@H](C)[C@H](NC(=O)c1ccccn1)C(N)=O. The maximum Gasteiger partial charge on any atom is 0.270 e. The number of rotatable bonds is 5. The molecule has 1 rings (SSSR count). The third-order valence-electron chi connectivity index (χ3n) is 2.70. The summed E-state index contributed by atoms with van der Waals surface area (Å²) in [5, 5.41) is 2.61. The van der Waals surface area contributed by atoms with Crippen LogP contribution in [0.4, 0.5) is 0 Å². The second-order valence-corrected chi connectivity index (χ2v) is 3.95. The van der Waals surface area contributed by atoms with Gasteiger partial charge in [0, 0.05) is 6.20 Å². The normalized spacial score (nSPS) is 13.8. The molecule has 0 unspecified atom stereocenters. The summed E-state index contributed by atoms with van der Waals surface area (Å²) in [5.41, 5.74) is 5.55. The number of aromatic nitrogens is 1. The summed E-state index contributed by atoms with van der Waals surface area (Å²) >= 11 is 0. The predicted molar refractivity (Wildman–Crippen MR) is 64.1 cm³/mol. The molecule has 0 aliphatic carbocycles. The second-order valence-electron chi connectivity index (χ2n) is 3.95. The van der Waals surface area contributed by atoms with E-state index in [1.54, 1.807) is 18.2 Å². The molecule has 92 valence electrons. The summed E-state index contributed by atoms with van der Waals surface area (Å²) in [6.07, 6.45) is 2.29. The summed E-state index contributed by atoms with van der Waals surface area (Å²) in [4.78, 5) is 27.0. The van der Waals surface area contributed by atoms with Crippen molar-refractivity contribution in [2.24, 2.45) is 11.7 Å². The Balaban J connectivity index is 2.75. The smallest absolute Gasteiger partial charge is 0.270 e. The van der Waals surface area contributed by atoms with Crippen LogP contribution in [0.25, 0.3) is 0 Å². The molecule has 2 amide bonds. The van der Waals surface area contributed by atoms with Crippen LogP contribution in [0.1, 0.15) is 30.8 Å². The minimum absolute atomic E-state index is 0.000150. The van der Waals surface area contributed by atoms with Crippen LogP contribution in [0.2, 0.25) is 0 Å². The van der Waals surface area contributed by atoms with Crippen molar-refractivity contribution in [1.29, 1.82) is 0 Å². The fraction of sp³-hybridized carbons (Fsp3) is 0.417. The molecule has 1 heterocycles. The fourth-order valence-electron chi connectivity index (χ4n) is 1.44. The zero-order valence-corrected chi connectivity index (χ0v) is 10.0. The van der Waals surface area contributed by atoms with E-state index in [4.69, 9.17) is 5.73 Å². The highest BCUT2D eigenvalue weighted by Crippen LogP contribution is 2.08. The Hall–Kier alpha value is -1.91. The van der Waals surface area contributed by atoms with Gasteiger partial charge in [-0.05, 0) is 18.1 Å². The molecule has 1 aromatic heterocycles. The van der Waals surface area contributed by atoms with Gasteiger partial charge in [-0.1, -0.05) is 26.3 Å². The van der Waals surface area contributed by atoms with Crippen molar-refractivity contribution in [3.05, 3.63) is 30.1 Å². The van der Waals surface area contributed by atoms with Crippen molar-refractivity contribution >= 4 is 11.8 Å². The number of nitrogens with one attached hydrogen (secondary N) is 1. The van der Waals surface area contributed by atoms with E-state index < -0.39 is 11.9 Å². The van der Waals surface area contributed by atoms with Crippen LogP contribution >= 0.6 is 0 Å². The van der Waals surface area contributed by atoms with Crippen LogP contribution in [-0.2, 0) is 4.79 Å². The van der Waals surface area contributed by atoms with Crippen LogP contribution in [0.5, 0.6) is 0 Å². The summed E-state index contributed by atoms with van der Waals surface area (Å²) in [6.45, 7) is 3.81. The number of primary amides is 1. The Morgan fingerprint density at radius 3 is 2.65 bits per heavy atom. The number of nitrogens with two attached hydrogens (primary N) is 1. The van der Waals surface area contributed by atoms with Gasteiger partial charge < -0.3 is 11.1 Å². The van der Waals surface area contributed by atoms with E-state index in [2.05, 4.69) is 10.3 Å². The van der Waals surface area contributed by atoms with Crippen LogP contribution in [-0.4, -0.2) is 22.8 Å². The van der Waals surface area contributed by atoms with Crippen LogP contribution in [0, 0.1) is 5.92 Å². The van der Waals surface area contributed by atoms with Crippen molar-refractivity contribution in [2.75, 3.05) is 0 Å². The van der Waals surface area contributed by atoms with Crippen molar-refractivity contribution in [3.63, 3.8) is 0 Å². The van der Waals surface area contributed by atoms with Gasteiger partial charge in [0.1, 0.15) is 11.7 Å². The maximum absolute atomic E-state index is 11.8. The van der Waals surface area contributed by atoms with E-state index in [0.717, 1.165) is 6.42 Å².